The van der Waals surface area contributed by atoms with E-state index in [4.69, 9.17) is 0 Å². The van der Waals surface area contributed by atoms with Crippen molar-refractivity contribution >= 4 is 17.9 Å². The molecule has 0 unspecified atom stereocenters. The molecule has 0 heterocycles. The summed E-state index contributed by atoms with van der Waals surface area (Å²) in [6, 6.07) is 0. The van der Waals surface area contributed by atoms with E-state index in [1.54, 1.807) is 0 Å². The molecule has 38 heavy (non-hydrogen) atoms. The second kappa shape index (κ2) is 16.7. The van der Waals surface area contributed by atoms with E-state index in [1.165, 1.54) is 20.8 Å². The van der Waals surface area contributed by atoms with Crippen LogP contribution < -0.4 is 0 Å². The number of ether oxygens (including phenoxy) is 3. The topological polar surface area (TPSA) is 78.9 Å². The van der Waals surface area contributed by atoms with Gasteiger partial charge < -0.3 is 14.2 Å². The summed E-state index contributed by atoms with van der Waals surface area (Å²) >= 11 is 0. The molecular formula is C21H25F11O6. The van der Waals surface area contributed by atoms with Gasteiger partial charge in [0.05, 0.1) is 19.4 Å². The molecule has 6 nitrogen and oxygen atoms in total. The smallest absolute Gasteiger partial charge is 0.453 e. The van der Waals surface area contributed by atoms with Crippen LogP contribution in [0.15, 0.2) is 36.5 Å². The van der Waals surface area contributed by atoms with E-state index in [2.05, 4.69) is 33.9 Å². The maximum absolute atomic E-state index is 12.2. The van der Waals surface area contributed by atoms with Crippen molar-refractivity contribution in [1.29, 1.82) is 0 Å². The number of carbonyl (C=O) groups excluding carboxylic acids is 3. The number of alkyl halides is 11. The van der Waals surface area contributed by atoms with Crippen LogP contribution in [0.4, 0.5) is 48.3 Å². The van der Waals surface area contributed by atoms with Crippen LogP contribution in [0.25, 0.3) is 0 Å². The van der Waals surface area contributed by atoms with E-state index >= 15 is 0 Å². The van der Waals surface area contributed by atoms with E-state index in [1.807, 2.05) is 0 Å². The minimum atomic E-state index is -5.62. The SMILES string of the molecule is C=C(C)C(=O)OCC(F)(F)F.C=C(C)C(=O)OCCC(F)(F)C(F)(F)F.C=C(C)C(=O)OCCC(F)(F)F. The first kappa shape index (κ1) is 39.4. The second-order valence-corrected chi connectivity index (χ2v) is 7.12. The maximum Gasteiger partial charge on any atom is 0.453 e. The molecule has 0 spiro atoms. The molecule has 0 bridgehead atoms. The minimum absolute atomic E-state index is 0.0470. The zero-order valence-electron chi connectivity index (χ0n) is 20.3. The average molecular weight is 582 g/mol. The van der Waals surface area contributed by atoms with Gasteiger partial charge in [-0.2, -0.15) is 48.3 Å². The first-order valence-corrected chi connectivity index (χ1v) is 9.79. The number of rotatable bonds is 9. The highest BCUT2D eigenvalue weighted by Crippen LogP contribution is 2.37. The van der Waals surface area contributed by atoms with Gasteiger partial charge in [-0.05, 0) is 20.8 Å². The van der Waals surface area contributed by atoms with Crippen LogP contribution in [0, 0.1) is 0 Å². The Hall–Kier alpha value is -3.14. The van der Waals surface area contributed by atoms with E-state index < -0.39 is 75.0 Å². The second-order valence-electron chi connectivity index (χ2n) is 7.12. The van der Waals surface area contributed by atoms with Gasteiger partial charge in [0.25, 0.3) is 0 Å². The monoisotopic (exact) mass is 582 g/mol. The van der Waals surface area contributed by atoms with Crippen molar-refractivity contribution in [3.05, 3.63) is 36.5 Å². The summed E-state index contributed by atoms with van der Waals surface area (Å²) in [5.41, 5.74) is -0.0169. The van der Waals surface area contributed by atoms with Crippen molar-refractivity contribution in [3.63, 3.8) is 0 Å². The lowest BCUT2D eigenvalue weighted by molar-refractivity contribution is -0.286. The molecule has 17 heteroatoms. The Morgan fingerprint density at radius 3 is 1.13 bits per heavy atom. The summed E-state index contributed by atoms with van der Waals surface area (Å²) < 4.78 is 140. The van der Waals surface area contributed by atoms with Crippen molar-refractivity contribution in [2.24, 2.45) is 0 Å². The number of carbonyl (C=O) groups is 3. The maximum atomic E-state index is 12.2. The van der Waals surface area contributed by atoms with Crippen molar-refractivity contribution in [2.45, 2.75) is 58.1 Å². The summed E-state index contributed by atoms with van der Waals surface area (Å²) in [5, 5.41) is 0. The molecule has 0 rings (SSSR count). The lowest BCUT2D eigenvalue weighted by Crippen LogP contribution is -2.37. The molecule has 0 fully saturated rings. The summed E-state index contributed by atoms with van der Waals surface area (Å²) in [4.78, 5) is 31.5. The van der Waals surface area contributed by atoms with Crippen LogP contribution >= 0.6 is 0 Å². The van der Waals surface area contributed by atoms with Crippen LogP contribution in [0.3, 0.4) is 0 Å². The quantitative estimate of drug-likeness (QED) is 0.135. The molecule has 0 aromatic rings. The molecule has 0 N–H and O–H groups in total. The lowest BCUT2D eigenvalue weighted by atomic mass is 10.2. The van der Waals surface area contributed by atoms with Gasteiger partial charge in [-0.1, -0.05) is 19.7 Å². The summed E-state index contributed by atoms with van der Waals surface area (Å²) in [7, 11) is 0. The Bertz CT molecular complexity index is 825. The third kappa shape index (κ3) is 23.3. The predicted molar refractivity (Wildman–Crippen MR) is 110 cm³/mol. The fourth-order valence-electron chi connectivity index (χ4n) is 1.19. The molecular weight excluding hydrogens is 557 g/mol. The van der Waals surface area contributed by atoms with Crippen LogP contribution in [-0.2, 0) is 28.6 Å². The van der Waals surface area contributed by atoms with Crippen LogP contribution in [0.5, 0.6) is 0 Å². The fraction of sp³-hybridized carbons (Fsp3) is 0.571. The number of hydrogen-bond donors (Lipinski definition) is 0. The Labute approximate surface area is 210 Å². The van der Waals surface area contributed by atoms with E-state index in [0.717, 1.165) is 0 Å². The Kier molecular flexibility index (Phi) is 17.3. The van der Waals surface area contributed by atoms with Crippen molar-refractivity contribution in [2.75, 3.05) is 19.8 Å². The molecule has 0 saturated heterocycles. The van der Waals surface area contributed by atoms with Crippen LogP contribution in [-0.4, -0.2) is 62.2 Å². The fourth-order valence-corrected chi connectivity index (χ4v) is 1.19. The van der Waals surface area contributed by atoms with Crippen molar-refractivity contribution in [1.82, 2.24) is 0 Å². The molecule has 0 aromatic heterocycles. The third-order valence-corrected chi connectivity index (χ3v) is 3.09. The molecule has 0 aromatic carbocycles. The Morgan fingerprint density at radius 2 is 0.868 bits per heavy atom. The molecule has 0 saturated carbocycles. The Balaban J connectivity index is -0.000000491. The highest BCUT2D eigenvalue weighted by Gasteiger charge is 2.56. The number of esters is 3. The third-order valence-electron chi connectivity index (χ3n) is 3.09. The summed E-state index contributed by atoms with van der Waals surface area (Å²) in [6.07, 6.45) is -17.1. The van der Waals surface area contributed by atoms with Gasteiger partial charge in [-0.3, -0.25) is 0 Å². The zero-order valence-corrected chi connectivity index (χ0v) is 20.3. The van der Waals surface area contributed by atoms with Gasteiger partial charge in [-0.25, -0.2) is 14.4 Å². The highest BCUT2D eigenvalue weighted by molar-refractivity contribution is 5.87. The summed E-state index contributed by atoms with van der Waals surface area (Å²) in [5.74, 6) is -7.66. The van der Waals surface area contributed by atoms with Gasteiger partial charge in [0.1, 0.15) is 6.61 Å². The first-order chi connectivity index (χ1) is 16.7. The van der Waals surface area contributed by atoms with Crippen LogP contribution in [0.1, 0.15) is 33.6 Å². The first-order valence-electron chi connectivity index (χ1n) is 9.79. The lowest BCUT2D eigenvalue weighted by Gasteiger charge is -2.19. The largest absolute Gasteiger partial charge is 0.462 e. The molecule has 0 amide bonds. The number of halogens is 11. The van der Waals surface area contributed by atoms with Crippen molar-refractivity contribution in [3.8, 4) is 0 Å². The van der Waals surface area contributed by atoms with E-state index in [-0.39, 0.29) is 16.7 Å². The van der Waals surface area contributed by atoms with E-state index in [9.17, 15) is 62.7 Å². The van der Waals surface area contributed by atoms with E-state index in [0.29, 0.717) is 0 Å². The zero-order chi connectivity index (χ0) is 31.1. The average Bonchev–Trinajstić information content (AvgIpc) is 2.70. The van der Waals surface area contributed by atoms with Crippen molar-refractivity contribution < 1.29 is 76.9 Å². The molecule has 0 aliphatic heterocycles. The minimum Gasteiger partial charge on any atom is -0.462 e. The van der Waals surface area contributed by atoms with Gasteiger partial charge >= 0.3 is 42.4 Å². The van der Waals surface area contributed by atoms with Gasteiger partial charge in [0.15, 0.2) is 6.61 Å². The molecule has 222 valence electrons. The molecule has 0 aliphatic carbocycles. The van der Waals surface area contributed by atoms with Gasteiger partial charge in [0, 0.05) is 16.7 Å². The molecule has 0 atom stereocenters. The van der Waals surface area contributed by atoms with Crippen LogP contribution in [0.2, 0.25) is 0 Å². The molecule has 0 aliphatic rings. The molecule has 0 radical (unpaired) electrons. The summed E-state index contributed by atoms with van der Waals surface area (Å²) in [6.45, 7) is 10.2. The Morgan fingerprint density at radius 1 is 0.553 bits per heavy atom. The predicted octanol–water partition coefficient (Wildman–Crippen LogP) is 6.42. The highest BCUT2D eigenvalue weighted by atomic mass is 19.4. The van der Waals surface area contributed by atoms with Gasteiger partial charge in [-0.15, -0.1) is 0 Å². The normalized spacial score (nSPS) is 11.5. The number of hydrogen-bond acceptors (Lipinski definition) is 6. The van der Waals surface area contributed by atoms with Gasteiger partial charge in [0.2, 0.25) is 0 Å². The standard InChI is InChI=1S/C8H9F5O2.C7H9F3O2.C6H7F3O2/c1-5(2)6(14)15-4-3-7(9,10)8(11,12)13;1-5(2)6(11)12-4-3-7(8,9)10;1-4(2)5(10)11-3-6(7,8)9/h1,3-4H2,2H3;1,3-4H2,2H3;1,3H2,2H3.